The van der Waals surface area contributed by atoms with Crippen molar-refractivity contribution >= 4 is 5.69 Å². The first-order valence-corrected chi connectivity index (χ1v) is 5.59. The summed E-state index contributed by atoms with van der Waals surface area (Å²) in [5.41, 5.74) is 7.89. The smallest absolute Gasteiger partial charge is 0.0393 e. The molecule has 0 saturated heterocycles. The van der Waals surface area contributed by atoms with E-state index < -0.39 is 0 Å². The van der Waals surface area contributed by atoms with Crippen LogP contribution in [-0.4, -0.2) is 11.5 Å². The summed E-state index contributed by atoms with van der Waals surface area (Å²) >= 11 is 0. The highest BCUT2D eigenvalue weighted by atomic mass is 14.9. The molecule has 1 aromatic rings. The molecule has 0 aliphatic rings. The summed E-state index contributed by atoms with van der Waals surface area (Å²) in [5.74, 6) is 0.517. The van der Waals surface area contributed by atoms with E-state index in [0.29, 0.717) is 12.0 Å². The first kappa shape index (κ1) is 12.0. The number of hydrogen-bond acceptors (Lipinski definition) is 3. The fourth-order valence-corrected chi connectivity index (χ4v) is 1.68. The molecule has 3 heteroatoms. The lowest BCUT2D eigenvalue weighted by Gasteiger charge is -2.23. The Labute approximate surface area is 92.1 Å². The molecule has 1 heterocycles. The van der Waals surface area contributed by atoms with Crippen molar-refractivity contribution in [3.8, 4) is 0 Å². The number of nitrogens with two attached hydrogens (primary N) is 1. The molecule has 1 rings (SSSR count). The molecule has 0 radical (unpaired) electrons. The zero-order chi connectivity index (χ0) is 11.3. The highest BCUT2D eigenvalue weighted by molar-refractivity contribution is 5.46. The lowest BCUT2D eigenvalue weighted by atomic mass is 9.96. The van der Waals surface area contributed by atoms with Gasteiger partial charge in [0.05, 0.1) is 0 Å². The summed E-state index contributed by atoms with van der Waals surface area (Å²) in [6.45, 7) is 7.56. The number of hydrogen-bond donors (Lipinski definition) is 2. The van der Waals surface area contributed by atoms with Crippen molar-refractivity contribution in [3.63, 3.8) is 0 Å². The van der Waals surface area contributed by atoms with Crippen LogP contribution in [0.4, 0.5) is 5.69 Å². The van der Waals surface area contributed by atoms with E-state index in [1.165, 1.54) is 0 Å². The second-order valence-corrected chi connectivity index (χ2v) is 4.18. The van der Waals surface area contributed by atoms with Gasteiger partial charge < -0.3 is 11.1 Å². The van der Waals surface area contributed by atoms with Crippen molar-refractivity contribution in [2.45, 2.75) is 33.2 Å². The fraction of sp³-hybridized carbons (Fsp3) is 0.583. The van der Waals surface area contributed by atoms with E-state index in [1.807, 2.05) is 12.3 Å². The van der Waals surface area contributed by atoms with Crippen LogP contribution in [0.5, 0.6) is 0 Å². The van der Waals surface area contributed by atoms with Gasteiger partial charge in [0, 0.05) is 29.7 Å². The predicted molar refractivity (Wildman–Crippen MR) is 64.5 cm³/mol. The van der Waals surface area contributed by atoms with Gasteiger partial charge >= 0.3 is 0 Å². The molecule has 0 amide bonds. The van der Waals surface area contributed by atoms with Crippen molar-refractivity contribution in [1.29, 1.82) is 0 Å². The van der Waals surface area contributed by atoms with Gasteiger partial charge in [0.15, 0.2) is 0 Å². The average Bonchev–Trinajstić information content (AvgIpc) is 2.20. The van der Waals surface area contributed by atoms with E-state index in [1.54, 1.807) is 6.20 Å². The zero-order valence-corrected chi connectivity index (χ0v) is 9.83. The summed E-state index contributed by atoms with van der Waals surface area (Å²) in [7, 11) is 0. The van der Waals surface area contributed by atoms with E-state index in [-0.39, 0.29) is 0 Å². The number of anilines is 1. The molecule has 0 bridgehead atoms. The number of nitrogen functional groups attached to an aromatic ring is 1. The highest BCUT2D eigenvalue weighted by Crippen LogP contribution is 2.25. The molecule has 0 aliphatic heterocycles. The average molecular weight is 207 g/mol. The molecule has 1 unspecified atom stereocenters. The van der Waals surface area contributed by atoms with Gasteiger partial charge in [0.1, 0.15) is 0 Å². The lowest BCUT2D eigenvalue weighted by molar-refractivity contribution is 0.413. The molecule has 0 saturated carbocycles. The van der Waals surface area contributed by atoms with Crippen LogP contribution in [-0.2, 0) is 0 Å². The van der Waals surface area contributed by atoms with Crippen molar-refractivity contribution in [2.24, 2.45) is 5.92 Å². The maximum absolute atomic E-state index is 5.95. The molecule has 84 valence electrons. The Morgan fingerprint density at radius 3 is 2.73 bits per heavy atom. The first-order valence-electron chi connectivity index (χ1n) is 5.59. The molecular formula is C12H21N3. The Morgan fingerprint density at radius 1 is 1.47 bits per heavy atom. The Morgan fingerprint density at radius 2 is 2.20 bits per heavy atom. The SMILES string of the molecule is CCCNC(c1cnccc1N)C(C)C. The second kappa shape index (κ2) is 5.71. The summed E-state index contributed by atoms with van der Waals surface area (Å²) in [4.78, 5) is 4.14. The van der Waals surface area contributed by atoms with Crippen LogP contribution < -0.4 is 11.1 Å². The van der Waals surface area contributed by atoms with Crippen LogP contribution >= 0.6 is 0 Å². The van der Waals surface area contributed by atoms with E-state index >= 15 is 0 Å². The molecule has 1 atom stereocenters. The van der Waals surface area contributed by atoms with Gasteiger partial charge in [-0.1, -0.05) is 20.8 Å². The van der Waals surface area contributed by atoms with Gasteiger partial charge in [-0.25, -0.2) is 0 Å². The van der Waals surface area contributed by atoms with Crippen molar-refractivity contribution in [3.05, 3.63) is 24.0 Å². The van der Waals surface area contributed by atoms with E-state index in [4.69, 9.17) is 5.73 Å². The van der Waals surface area contributed by atoms with Gasteiger partial charge in [-0.3, -0.25) is 4.98 Å². The van der Waals surface area contributed by atoms with Crippen molar-refractivity contribution in [1.82, 2.24) is 10.3 Å². The Kier molecular flexibility index (Phi) is 4.56. The van der Waals surface area contributed by atoms with Gasteiger partial charge in [0.2, 0.25) is 0 Å². The van der Waals surface area contributed by atoms with Gasteiger partial charge in [0.25, 0.3) is 0 Å². The number of nitrogens with one attached hydrogen (secondary N) is 1. The molecular weight excluding hydrogens is 186 g/mol. The van der Waals surface area contributed by atoms with Gasteiger partial charge in [-0.15, -0.1) is 0 Å². The van der Waals surface area contributed by atoms with Crippen LogP contribution in [0.2, 0.25) is 0 Å². The zero-order valence-electron chi connectivity index (χ0n) is 9.83. The Bertz CT molecular complexity index is 297. The predicted octanol–water partition coefficient (Wildman–Crippen LogP) is 2.36. The van der Waals surface area contributed by atoms with Gasteiger partial charge in [-0.2, -0.15) is 0 Å². The van der Waals surface area contributed by atoms with Crippen LogP contribution in [0.3, 0.4) is 0 Å². The van der Waals surface area contributed by atoms with E-state index in [2.05, 4.69) is 31.1 Å². The minimum Gasteiger partial charge on any atom is -0.398 e. The monoisotopic (exact) mass is 207 g/mol. The highest BCUT2D eigenvalue weighted by Gasteiger charge is 2.16. The maximum atomic E-state index is 5.95. The number of aromatic nitrogens is 1. The quantitative estimate of drug-likeness (QED) is 0.779. The van der Waals surface area contributed by atoms with Crippen LogP contribution in [0.1, 0.15) is 38.8 Å². The summed E-state index contributed by atoms with van der Waals surface area (Å²) in [5, 5.41) is 3.51. The van der Waals surface area contributed by atoms with Crippen molar-refractivity contribution in [2.75, 3.05) is 12.3 Å². The number of rotatable bonds is 5. The van der Waals surface area contributed by atoms with E-state index in [0.717, 1.165) is 24.2 Å². The topological polar surface area (TPSA) is 50.9 Å². The standard InChI is InChI=1S/C12H21N3/c1-4-6-15-12(9(2)3)10-8-14-7-5-11(10)13/h5,7-9,12,15H,4,6H2,1-3H3,(H2,13,14). The fourth-order valence-electron chi connectivity index (χ4n) is 1.68. The van der Waals surface area contributed by atoms with Crippen LogP contribution in [0.25, 0.3) is 0 Å². The van der Waals surface area contributed by atoms with Crippen molar-refractivity contribution < 1.29 is 0 Å². The summed E-state index contributed by atoms with van der Waals surface area (Å²) < 4.78 is 0. The molecule has 0 spiro atoms. The largest absolute Gasteiger partial charge is 0.398 e. The lowest BCUT2D eigenvalue weighted by Crippen LogP contribution is -2.27. The van der Waals surface area contributed by atoms with Crippen LogP contribution in [0.15, 0.2) is 18.5 Å². The molecule has 15 heavy (non-hydrogen) atoms. The summed E-state index contributed by atoms with van der Waals surface area (Å²) in [6.07, 6.45) is 4.72. The normalized spacial score (nSPS) is 13.1. The van der Waals surface area contributed by atoms with Crippen LogP contribution in [0, 0.1) is 5.92 Å². The minimum atomic E-state index is 0.304. The molecule has 0 fully saturated rings. The maximum Gasteiger partial charge on any atom is 0.0393 e. The molecule has 0 aliphatic carbocycles. The van der Waals surface area contributed by atoms with E-state index in [9.17, 15) is 0 Å². The number of pyridine rings is 1. The second-order valence-electron chi connectivity index (χ2n) is 4.18. The van der Waals surface area contributed by atoms with Gasteiger partial charge in [-0.05, 0) is 24.9 Å². The molecule has 1 aromatic heterocycles. The third-order valence-electron chi connectivity index (χ3n) is 2.50. The summed E-state index contributed by atoms with van der Waals surface area (Å²) in [6, 6.07) is 2.16. The number of nitrogens with zero attached hydrogens (tertiary/aromatic N) is 1. The molecule has 3 nitrogen and oxygen atoms in total. The molecule has 3 N–H and O–H groups in total. The molecule has 0 aromatic carbocycles. The third kappa shape index (κ3) is 3.20. The third-order valence-corrected chi connectivity index (χ3v) is 2.50. The minimum absolute atomic E-state index is 0.304. The first-order chi connectivity index (χ1) is 7.16. The Hall–Kier alpha value is -1.09. The Balaban J connectivity index is 2.84.